The van der Waals surface area contributed by atoms with Gasteiger partial charge in [0.2, 0.25) is 5.89 Å². The van der Waals surface area contributed by atoms with Gasteiger partial charge in [-0.25, -0.2) is 4.98 Å². The molecule has 0 fully saturated rings. The molecule has 1 N–H and O–H groups in total. The van der Waals surface area contributed by atoms with Gasteiger partial charge in [-0.15, -0.1) is 0 Å². The van der Waals surface area contributed by atoms with Crippen LogP contribution < -0.4 is 5.32 Å². The lowest BCUT2D eigenvalue weighted by atomic mass is 10.1. The standard InChI is InChI=1S/C27H25Cl2N3O2/c1-19(21-10-6-3-7-11-21)32(16-22-12-13-23(28)14-24(22)29)17-26-31-25(18-34-26)27(33)30-15-20-8-4-2-5-9-20/h2-14,18-19H,15-17H2,1H3,(H,30,33)/t19-/m0/s1. The molecule has 174 valence electrons. The molecular formula is C27H25Cl2N3O2. The van der Waals surface area contributed by atoms with Gasteiger partial charge in [0.25, 0.3) is 5.91 Å². The van der Waals surface area contributed by atoms with Gasteiger partial charge in [-0.05, 0) is 35.7 Å². The third-order valence-corrected chi connectivity index (χ3v) is 6.22. The Morgan fingerprint density at radius 3 is 2.41 bits per heavy atom. The van der Waals surface area contributed by atoms with Gasteiger partial charge in [-0.3, -0.25) is 9.69 Å². The van der Waals surface area contributed by atoms with Crippen molar-refractivity contribution in [3.8, 4) is 0 Å². The first-order valence-electron chi connectivity index (χ1n) is 11.0. The van der Waals surface area contributed by atoms with E-state index < -0.39 is 0 Å². The minimum absolute atomic E-state index is 0.0511. The van der Waals surface area contributed by atoms with Crippen LogP contribution in [0.4, 0.5) is 0 Å². The van der Waals surface area contributed by atoms with Gasteiger partial charge in [0.05, 0.1) is 6.54 Å². The van der Waals surface area contributed by atoms with Crippen LogP contribution in [0, 0.1) is 0 Å². The summed E-state index contributed by atoms with van der Waals surface area (Å²) in [5.74, 6) is 0.181. The molecule has 0 aliphatic carbocycles. The van der Waals surface area contributed by atoms with E-state index >= 15 is 0 Å². The largest absolute Gasteiger partial charge is 0.447 e. The van der Waals surface area contributed by atoms with Crippen LogP contribution in [0.3, 0.4) is 0 Å². The zero-order valence-electron chi connectivity index (χ0n) is 18.7. The molecule has 4 aromatic rings. The first kappa shape index (κ1) is 24.0. The number of nitrogens with one attached hydrogen (secondary N) is 1. The molecule has 0 aliphatic rings. The molecule has 3 aromatic carbocycles. The molecule has 34 heavy (non-hydrogen) atoms. The van der Waals surface area contributed by atoms with Gasteiger partial charge in [0.1, 0.15) is 6.26 Å². The Hall–Kier alpha value is -3.12. The number of hydrogen-bond acceptors (Lipinski definition) is 4. The SMILES string of the molecule is C[C@@H](c1ccccc1)N(Cc1nc(C(=O)NCc2ccccc2)co1)Cc1ccc(Cl)cc1Cl. The molecule has 0 saturated heterocycles. The molecule has 0 unspecified atom stereocenters. The van der Waals surface area contributed by atoms with Gasteiger partial charge >= 0.3 is 0 Å². The smallest absolute Gasteiger partial charge is 0.273 e. The Morgan fingerprint density at radius 1 is 1.00 bits per heavy atom. The summed E-state index contributed by atoms with van der Waals surface area (Å²) in [6.07, 6.45) is 1.40. The molecule has 4 rings (SSSR count). The Labute approximate surface area is 209 Å². The average Bonchev–Trinajstić information content (AvgIpc) is 3.33. The topological polar surface area (TPSA) is 58.4 Å². The molecule has 0 spiro atoms. The highest BCUT2D eigenvalue weighted by Crippen LogP contribution is 2.28. The summed E-state index contributed by atoms with van der Waals surface area (Å²) < 4.78 is 5.67. The lowest BCUT2D eigenvalue weighted by molar-refractivity contribution is 0.0945. The van der Waals surface area contributed by atoms with E-state index in [1.165, 1.54) is 6.26 Å². The lowest BCUT2D eigenvalue weighted by Gasteiger charge is -2.28. The van der Waals surface area contributed by atoms with Crippen molar-refractivity contribution in [2.75, 3.05) is 0 Å². The monoisotopic (exact) mass is 493 g/mol. The quantitative estimate of drug-likeness (QED) is 0.282. The zero-order valence-corrected chi connectivity index (χ0v) is 20.3. The van der Waals surface area contributed by atoms with E-state index in [-0.39, 0.29) is 17.6 Å². The molecule has 7 heteroatoms. The van der Waals surface area contributed by atoms with E-state index in [0.717, 1.165) is 16.7 Å². The summed E-state index contributed by atoms with van der Waals surface area (Å²) in [5, 5.41) is 4.07. The highest BCUT2D eigenvalue weighted by atomic mass is 35.5. The Bertz CT molecular complexity index is 1230. The first-order valence-corrected chi connectivity index (χ1v) is 11.7. The number of amides is 1. The third-order valence-electron chi connectivity index (χ3n) is 5.64. The second kappa shape index (κ2) is 11.3. The second-order valence-corrected chi connectivity index (χ2v) is 8.87. The molecule has 1 heterocycles. The Morgan fingerprint density at radius 2 is 1.71 bits per heavy atom. The van der Waals surface area contributed by atoms with Gasteiger partial charge in [-0.1, -0.05) is 89.9 Å². The van der Waals surface area contributed by atoms with Crippen LogP contribution in [0.25, 0.3) is 0 Å². The summed E-state index contributed by atoms with van der Waals surface area (Å²) in [4.78, 5) is 19.2. The fraction of sp³-hybridized carbons (Fsp3) is 0.185. The molecule has 0 saturated carbocycles. The highest BCUT2D eigenvalue weighted by Gasteiger charge is 2.21. The number of benzene rings is 3. The van der Waals surface area contributed by atoms with Crippen LogP contribution in [0.2, 0.25) is 10.0 Å². The molecule has 0 bridgehead atoms. The van der Waals surface area contributed by atoms with Crippen molar-refractivity contribution >= 4 is 29.1 Å². The van der Waals surface area contributed by atoms with Crippen LogP contribution >= 0.6 is 23.2 Å². The van der Waals surface area contributed by atoms with Crippen molar-refractivity contribution in [2.24, 2.45) is 0 Å². The van der Waals surface area contributed by atoms with Crippen molar-refractivity contribution in [1.82, 2.24) is 15.2 Å². The predicted octanol–water partition coefficient (Wildman–Crippen LogP) is 6.67. The maximum Gasteiger partial charge on any atom is 0.273 e. The predicted molar refractivity (Wildman–Crippen MR) is 135 cm³/mol. The fourth-order valence-electron chi connectivity index (χ4n) is 3.67. The summed E-state index contributed by atoms with van der Waals surface area (Å²) >= 11 is 12.5. The molecule has 1 amide bonds. The lowest BCUT2D eigenvalue weighted by Crippen LogP contribution is -2.27. The number of hydrogen-bond donors (Lipinski definition) is 1. The number of halogens is 2. The van der Waals surface area contributed by atoms with Gasteiger partial charge in [0.15, 0.2) is 5.69 Å². The summed E-state index contributed by atoms with van der Waals surface area (Å²) in [7, 11) is 0. The molecule has 0 aliphatic heterocycles. The zero-order chi connectivity index (χ0) is 23.9. The highest BCUT2D eigenvalue weighted by molar-refractivity contribution is 6.35. The average molecular weight is 494 g/mol. The van der Waals surface area contributed by atoms with E-state index in [9.17, 15) is 4.79 Å². The van der Waals surface area contributed by atoms with Crippen LogP contribution in [0.15, 0.2) is 89.5 Å². The van der Waals surface area contributed by atoms with E-state index in [1.807, 2.05) is 60.7 Å². The van der Waals surface area contributed by atoms with Crippen LogP contribution in [-0.4, -0.2) is 15.8 Å². The van der Waals surface area contributed by atoms with Gasteiger partial charge in [0, 0.05) is 29.2 Å². The minimum atomic E-state index is -0.276. The molecule has 5 nitrogen and oxygen atoms in total. The number of nitrogens with zero attached hydrogens (tertiary/aromatic N) is 2. The minimum Gasteiger partial charge on any atom is -0.447 e. The van der Waals surface area contributed by atoms with Gasteiger partial charge < -0.3 is 9.73 Å². The van der Waals surface area contributed by atoms with E-state index in [0.29, 0.717) is 35.6 Å². The Balaban J connectivity index is 1.49. The number of rotatable bonds is 9. The molecule has 0 radical (unpaired) electrons. The summed E-state index contributed by atoms with van der Waals surface area (Å²) in [6, 6.07) is 25.5. The van der Waals surface area contributed by atoms with E-state index in [2.05, 4.69) is 34.3 Å². The normalized spacial score (nSPS) is 12.0. The molecular weight excluding hydrogens is 469 g/mol. The third kappa shape index (κ3) is 6.26. The first-order chi connectivity index (χ1) is 16.5. The molecule has 1 atom stereocenters. The Kier molecular flexibility index (Phi) is 8.01. The summed E-state index contributed by atoms with van der Waals surface area (Å²) in [6.45, 7) is 3.51. The van der Waals surface area contributed by atoms with Crippen molar-refractivity contribution < 1.29 is 9.21 Å². The van der Waals surface area contributed by atoms with Crippen molar-refractivity contribution in [2.45, 2.75) is 32.6 Å². The van der Waals surface area contributed by atoms with Crippen LogP contribution in [-0.2, 0) is 19.6 Å². The van der Waals surface area contributed by atoms with Gasteiger partial charge in [-0.2, -0.15) is 0 Å². The van der Waals surface area contributed by atoms with E-state index in [4.69, 9.17) is 27.6 Å². The van der Waals surface area contributed by atoms with Crippen molar-refractivity contribution in [1.29, 1.82) is 0 Å². The number of carbonyl (C=O) groups is 1. The van der Waals surface area contributed by atoms with E-state index in [1.54, 1.807) is 6.07 Å². The maximum absolute atomic E-state index is 12.6. The van der Waals surface area contributed by atoms with Crippen molar-refractivity contribution in [3.05, 3.63) is 123 Å². The second-order valence-electron chi connectivity index (χ2n) is 8.02. The number of carbonyl (C=O) groups excluding carboxylic acids is 1. The van der Waals surface area contributed by atoms with Crippen molar-refractivity contribution in [3.63, 3.8) is 0 Å². The maximum atomic E-state index is 12.6. The van der Waals surface area contributed by atoms with Crippen LogP contribution in [0.5, 0.6) is 0 Å². The molecule has 1 aromatic heterocycles. The fourth-order valence-corrected chi connectivity index (χ4v) is 4.14. The summed E-state index contributed by atoms with van der Waals surface area (Å²) in [5.41, 5.74) is 3.37. The number of aromatic nitrogens is 1. The number of oxazole rings is 1. The van der Waals surface area contributed by atoms with Crippen LogP contribution in [0.1, 0.15) is 46.0 Å².